The molecule has 3 nitrogen and oxygen atoms in total. The van der Waals surface area contributed by atoms with Crippen LogP contribution in [0.25, 0.3) is 0 Å². The van der Waals surface area contributed by atoms with Gasteiger partial charge in [0.05, 0.1) is 5.56 Å². The van der Waals surface area contributed by atoms with E-state index in [0.29, 0.717) is 18.2 Å². The lowest BCUT2D eigenvalue weighted by atomic mass is 10.1. The minimum absolute atomic E-state index is 0.125. The number of nitrogens with one attached hydrogen (secondary N) is 1. The molecule has 0 saturated carbocycles. The van der Waals surface area contributed by atoms with E-state index in [4.69, 9.17) is 5.26 Å². The molecular formula is C14H18FN3. The van der Waals surface area contributed by atoms with E-state index in [1.54, 1.807) is 12.1 Å². The maximum absolute atomic E-state index is 13.9. The van der Waals surface area contributed by atoms with Crippen LogP contribution in [-0.4, -0.2) is 31.1 Å². The van der Waals surface area contributed by atoms with E-state index in [1.807, 2.05) is 13.1 Å². The Kier molecular flexibility index (Phi) is 4.29. The molecule has 0 bridgehead atoms. The van der Waals surface area contributed by atoms with Crippen molar-refractivity contribution in [3.63, 3.8) is 0 Å². The van der Waals surface area contributed by atoms with Crippen molar-refractivity contribution in [1.29, 1.82) is 5.26 Å². The Hall–Kier alpha value is -1.44. The van der Waals surface area contributed by atoms with Gasteiger partial charge in [-0.25, -0.2) is 4.39 Å². The molecule has 1 atom stereocenters. The van der Waals surface area contributed by atoms with Crippen molar-refractivity contribution in [3.8, 4) is 6.07 Å². The van der Waals surface area contributed by atoms with E-state index >= 15 is 0 Å². The summed E-state index contributed by atoms with van der Waals surface area (Å²) in [6.07, 6.45) is 2.40. The van der Waals surface area contributed by atoms with E-state index in [-0.39, 0.29) is 11.4 Å². The quantitative estimate of drug-likeness (QED) is 0.883. The maximum atomic E-state index is 13.9. The molecule has 1 aliphatic heterocycles. The Balaban J connectivity index is 1.98. The third-order valence-electron chi connectivity index (χ3n) is 3.33. The van der Waals surface area contributed by atoms with Crippen molar-refractivity contribution in [2.24, 2.45) is 0 Å². The highest BCUT2D eigenvalue weighted by Crippen LogP contribution is 2.15. The highest BCUT2D eigenvalue weighted by molar-refractivity contribution is 5.34. The molecule has 2 rings (SSSR count). The van der Waals surface area contributed by atoms with Crippen LogP contribution in [0.3, 0.4) is 0 Å². The number of nitriles is 1. The zero-order valence-electron chi connectivity index (χ0n) is 10.6. The SMILES string of the molecule is CN(Cc1cccc(C#N)c1F)CC1CCCN1. The fourth-order valence-corrected chi connectivity index (χ4v) is 2.43. The molecule has 1 aromatic carbocycles. The Labute approximate surface area is 107 Å². The van der Waals surface area contributed by atoms with Gasteiger partial charge in [0.1, 0.15) is 11.9 Å². The summed E-state index contributed by atoms with van der Waals surface area (Å²) in [5.41, 5.74) is 0.717. The first-order valence-electron chi connectivity index (χ1n) is 6.30. The lowest BCUT2D eigenvalue weighted by Crippen LogP contribution is -2.35. The van der Waals surface area contributed by atoms with Crippen molar-refractivity contribution in [1.82, 2.24) is 10.2 Å². The van der Waals surface area contributed by atoms with Crippen molar-refractivity contribution < 1.29 is 4.39 Å². The number of nitrogens with zero attached hydrogens (tertiary/aromatic N) is 2. The van der Waals surface area contributed by atoms with E-state index in [9.17, 15) is 4.39 Å². The molecule has 0 spiro atoms. The molecule has 1 aromatic rings. The van der Waals surface area contributed by atoms with Crippen LogP contribution in [0.15, 0.2) is 18.2 Å². The second-order valence-corrected chi connectivity index (χ2v) is 4.88. The third kappa shape index (κ3) is 3.06. The number of likely N-dealkylation sites (N-methyl/N-ethyl adjacent to an activating group) is 1. The Morgan fingerprint density at radius 3 is 3.06 bits per heavy atom. The smallest absolute Gasteiger partial charge is 0.145 e. The number of rotatable bonds is 4. The summed E-state index contributed by atoms with van der Waals surface area (Å²) >= 11 is 0. The van der Waals surface area contributed by atoms with Gasteiger partial charge in [0.2, 0.25) is 0 Å². The fraction of sp³-hybridized carbons (Fsp3) is 0.500. The molecular weight excluding hydrogens is 229 g/mol. The monoisotopic (exact) mass is 247 g/mol. The second-order valence-electron chi connectivity index (χ2n) is 4.88. The Morgan fingerprint density at radius 2 is 2.39 bits per heavy atom. The normalized spacial score (nSPS) is 19.1. The van der Waals surface area contributed by atoms with E-state index in [2.05, 4.69) is 10.2 Å². The van der Waals surface area contributed by atoms with Gasteiger partial charge < -0.3 is 10.2 Å². The Morgan fingerprint density at radius 1 is 1.56 bits per heavy atom. The van der Waals surface area contributed by atoms with Crippen molar-refractivity contribution in [2.75, 3.05) is 20.1 Å². The zero-order valence-corrected chi connectivity index (χ0v) is 10.6. The minimum Gasteiger partial charge on any atom is -0.313 e. The molecule has 0 amide bonds. The van der Waals surface area contributed by atoms with Gasteiger partial charge in [-0.1, -0.05) is 12.1 Å². The summed E-state index contributed by atoms with van der Waals surface area (Å²) in [5, 5.41) is 12.2. The van der Waals surface area contributed by atoms with Gasteiger partial charge in [-0.2, -0.15) is 5.26 Å². The molecule has 96 valence electrons. The number of hydrogen-bond donors (Lipinski definition) is 1. The molecule has 1 unspecified atom stereocenters. The van der Waals surface area contributed by atoms with Gasteiger partial charge in [0, 0.05) is 24.7 Å². The average Bonchev–Trinajstić information content (AvgIpc) is 2.84. The van der Waals surface area contributed by atoms with Crippen LogP contribution in [0.1, 0.15) is 24.0 Å². The second kappa shape index (κ2) is 5.94. The summed E-state index contributed by atoms with van der Waals surface area (Å²) in [7, 11) is 1.98. The highest BCUT2D eigenvalue weighted by Gasteiger charge is 2.17. The molecule has 0 aromatic heterocycles. The molecule has 18 heavy (non-hydrogen) atoms. The number of hydrogen-bond acceptors (Lipinski definition) is 3. The van der Waals surface area contributed by atoms with Crippen LogP contribution in [-0.2, 0) is 6.54 Å². The van der Waals surface area contributed by atoms with Crippen molar-refractivity contribution >= 4 is 0 Å². The summed E-state index contributed by atoms with van der Waals surface area (Å²) < 4.78 is 13.9. The topological polar surface area (TPSA) is 39.1 Å². The van der Waals surface area contributed by atoms with Gasteiger partial charge in [-0.15, -0.1) is 0 Å². The molecule has 1 saturated heterocycles. The van der Waals surface area contributed by atoms with Gasteiger partial charge in [-0.05, 0) is 32.5 Å². The molecule has 1 fully saturated rings. The molecule has 0 radical (unpaired) electrons. The summed E-state index contributed by atoms with van der Waals surface area (Å²) in [4.78, 5) is 2.10. The summed E-state index contributed by atoms with van der Waals surface area (Å²) in [6.45, 7) is 2.53. The van der Waals surface area contributed by atoms with Crippen LogP contribution in [0.5, 0.6) is 0 Å². The first-order chi connectivity index (χ1) is 8.70. The van der Waals surface area contributed by atoms with Gasteiger partial charge >= 0.3 is 0 Å². The predicted octanol–water partition coefficient (Wildman–Crippen LogP) is 1.88. The van der Waals surface area contributed by atoms with E-state index < -0.39 is 0 Å². The molecule has 1 N–H and O–H groups in total. The van der Waals surface area contributed by atoms with Crippen LogP contribution in [0.2, 0.25) is 0 Å². The fourth-order valence-electron chi connectivity index (χ4n) is 2.43. The first kappa shape index (κ1) is 13.0. The maximum Gasteiger partial charge on any atom is 0.145 e. The van der Waals surface area contributed by atoms with E-state index in [1.165, 1.54) is 18.9 Å². The van der Waals surface area contributed by atoms with Gasteiger partial charge in [-0.3, -0.25) is 0 Å². The van der Waals surface area contributed by atoms with Gasteiger partial charge in [0.15, 0.2) is 0 Å². The lowest BCUT2D eigenvalue weighted by Gasteiger charge is -2.21. The minimum atomic E-state index is -0.383. The van der Waals surface area contributed by atoms with Crippen LogP contribution in [0, 0.1) is 17.1 Å². The van der Waals surface area contributed by atoms with Gasteiger partial charge in [0.25, 0.3) is 0 Å². The zero-order chi connectivity index (χ0) is 13.0. The molecule has 0 aliphatic carbocycles. The van der Waals surface area contributed by atoms with Crippen LogP contribution in [0.4, 0.5) is 4.39 Å². The highest BCUT2D eigenvalue weighted by atomic mass is 19.1. The third-order valence-corrected chi connectivity index (χ3v) is 3.33. The van der Waals surface area contributed by atoms with Crippen molar-refractivity contribution in [2.45, 2.75) is 25.4 Å². The average molecular weight is 247 g/mol. The van der Waals surface area contributed by atoms with E-state index in [0.717, 1.165) is 13.1 Å². The molecule has 1 aliphatic rings. The van der Waals surface area contributed by atoms with Crippen molar-refractivity contribution in [3.05, 3.63) is 35.1 Å². The van der Waals surface area contributed by atoms with Crippen LogP contribution < -0.4 is 5.32 Å². The molecule has 1 heterocycles. The number of benzene rings is 1. The Bertz CT molecular complexity index is 447. The predicted molar refractivity (Wildman–Crippen MR) is 68.5 cm³/mol. The lowest BCUT2D eigenvalue weighted by molar-refractivity contribution is 0.289. The molecule has 4 heteroatoms. The first-order valence-corrected chi connectivity index (χ1v) is 6.30. The standard InChI is InChI=1S/C14H18FN3/c1-18(10-13-6-3-7-17-13)9-12-5-2-4-11(8-16)14(12)15/h2,4-5,13,17H,3,6-7,9-10H2,1H3. The van der Waals surface area contributed by atoms with Crippen LogP contribution >= 0.6 is 0 Å². The number of halogens is 1. The largest absolute Gasteiger partial charge is 0.313 e. The summed E-state index contributed by atoms with van der Waals surface area (Å²) in [6, 6.07) is 7.38. The summed E-state index contributed by atoms with van der Waals surface area (Å²) in [5.74, 6) is -0.383.